The zero-order valence-electron chi connectivity index (χ0n) is 14.5. The van der Waals surface area contributed by atoms with Gasteiger partial charge in [0, 0.05) is 11.6 Å². The molecule has 0 fully saturated rings. The zero-order chi connectivity index (χ0) is 18.8. The number of benzene rings is 2. The van der Waals surface area contributed by atoms with Crippen molar-refractivity contribution in [2.45, 2.75) is 6.92 Å². The molecule has 27 heavy (non-hydrogen) atoms. The van der Waals surface area contributed by atoms with Crippen molar-refractivity contribution >= 4 is 22.5 Å². The lowest BCUT2D eigenvalue weighted by molar-refractivity contribution is 0.0523. The van der Waals surface area contributed by atoms with Gasteiger partial charge in [0.1, 0.15) is 29.0 Å². The third-order valence-corrected chi connectivity index (χ3v) is 3.99. The topological polar surface area (TPSA) is 82.8 Å². The fraction of sp³-hybridized carbons (Fsp3) is 0.100. The van der Waals surface area contributed by atoms with Crippen molar-refractivity contribution in [1.82, 2.24) is 14.4 Å². The molecule has 0 atom stereocenters. The van der Waals surface area contributed by atoms with Crippen LogP contribution in [0.5, 0.6) is 11.5 Å². The predicted molar refractivity (Wildman–Crippen MR) is 99.2 cm³/mol. The Balaban J connectivity index is 1.84. The van der Waals surface area contributed by atoms with E-state index < -0.39 is 11.5 Å². The number of esters is 1. The molecule has 2 aromatic carbocycles. The molecule has 4 aromatic rings. The third kappa shape index (κ3) is 3.10. The number of carbonyl (C=O) groups is 1. The van der Waals surface area contributed by atoms with Crippen LogP contribution < -0.4 is 10.3 Å². The molecule has 0 spiro atoms. The quantitative estimate of drug-likeness (QED) is 0.410. The molecular weight excluding hydrogens is 346 g/mol. The highest BCUT2D eigenvalue weighted by atomic mass is 16.5. The van der Waals surface area contributed by atoms with Crippen LogP contribution >= 0.6 is 0 Å². The van der Waals surface area contributed by atoms with Crippen LogP contribution in [0.1, 0.15) is 17.3 Å². The molecule has 0 amide bonds. The van der Waals surface area contributed by atoms with Gasteiger partial charge in [-0.05, 0) is 37.3 Å². The van der Waals surface area contributed by atoms with Crippen molar-refractivity contribution in [3.8, 4) is 11.5 Å². The number of ether oxygens (including phenoxy) is 2. The van der Waals surface area contributed by atoms with E-state index in [1.807, 2.05) is 30.3 Å². The fourth-order valence-electron chi connectivity index (χ4n) is 2.74. The van der Waals surface area contributed by atoms with Crippen LogP contribution in [0.3, 0.4) is 0 Å². The molecule has 7 heteroatoms. The molecule has 4 rings (SSSR count). The number of nitrogens with zero attached hydrogens (tertiary/aromatic N) is 3. The van der Waals surface area contributed by atoms with Gasteiger partial charge in [0.05, 0.1) is 12.1 Å². The molecule has 134 valence electrons. The van der Waals surface area contributed by atoms with E-state index in [9.17, 15) is 9.59 Å². The lowest BCUT2D eigenvalue weighted by Gasteiger charge is -2.09. The summed E-state index contributed by atoms with van der Waals surface area (Å²) in [5.74, 6) is 0.581. The molecule has 0 aliphatic rings. The van der Waals surface area contributed by atoms with Crippen LogP contribution in [0.25, 0.3) is 16.6 Å². The van der Waals surface area contributed by atoms with Gasteiger partial charge in [-0.25, -0.2) is 19.2 Å². The summed E-state index contributed by atoms with van der Waals surface area (Å²) in [6, 6.07) is 14.7. The molecule has 2 aromatic heterocycles. The van der Waals surface area contributed by atoms with Gasteiger partial charge in [-0.3, -0.25) is 4.79 Å². The van der Waals surface area contributed by atoms with E-state index >= 15 is 0 Å². The molecule has 7 nitrogen and oxygen atoms in total. The molecule has 0 aliphatic heterocycles. The molecular formula is C20H15N3O4. The van der Waals surface area contributed by atoms with E-state index in [0.29, 0.717) is 28.0 Å². The standard InChI is InChI=1S/C20H15N3O4/c1-2-26-20(25)16-11-21-18-15-10-14(27-13-6-4-3-5-7-13)8-9-17(15)22-12-23(18)19(16)24/h3-12H,2H2,1H3. The second kappa shape index (κ2) is 6.87. The van der Waals surface area contributed by atoms with E-state index in [-0.39, 0.29) is 12.2 Å². The van der Waals surface area contributed by atoms with Gasteiger partial charge >= 0.3 is 5.97 Å². The predicted octanol–water partition coefficient (Wildman–Crippen LogP) is 3.21. The molecule has 2 heterocycles. The van der Waals surface area contributed by atoms with Crippen LogP contribution in [0, 0.1) is 0 Å². The summed E-state index contributed by atoms with van der Waals surface area (Å²) < 4.78 is 12.0. The van der Waals surface area contributed by atoms with Crippen molar-refractivity contribution in [3.05, 3.63) is 77.0 Å². The number of para-hydroxylation sites is 1. The first-order valence-corrected chi connectivity index (χ1v) is 8.37. The summed E-state index contributed by atoms with van der Waals surface area (Å²) in [6.07, 6.45) is 2.59. The van der Waals surface area contributed by atoms with Crippen molar-refractivity contribution in [3.63, 3.8) is 0 Å². The Bertz CT molecular complexity index is 1200. The number of carbonyl (C=O) groups excluding carboxylic acids is 1. The second-order valence-corrected chi connectivity index (χ2v) is 5.73. The van der Waals surface area contributed by atoms with E-state index in [2.05, 4.69) is 9.97 Å². The number of rotatable bonds is 4. The number of fused-ring (bicyclic) bond motifs is 3. The summed E-state index contributed by atoms with van der Waals surface area (Å²) in [7, 11) is 0. The Labute approximate surface area is 153 Å². The van der Waals surface area contributed by atoms with E-state index in [4.69, 9.17) is 9.47 Å². The van der Waals surface area contributed by atoms with Crippen LogP contribution in [-0.4, -0.2) is 26.9 Å². The first-order chi connectivity index (χ1) is 13.2. The molecule has 0 radical (unpaired) electrons. The summed E-state index contributed by atoms with van der Waals surface area (Å²) in [5, 5.41) is 0.637. The minimum absolute atomic E-state index is 0.132. The lowest BCUT2D eigenvalue weighted by atomic mass is 10.2. The van der Waals surface area contributed by atoms with Gasteiger partial charge in [0.25, 0.3) is 5.56 Å². The Morgan fingerprint density at radius 2 is 1.89 bits per heavy atom. The smallest absolute Gasteiger partial charge is 0.345 e. The maximum absolute atomic E-state index is 12.6. The first-order valence-electron chi connectivity index (χ1n) is 8.37. The number of hydrogen-bond acceptors (Lipinski definition) is 6. The Kier molecular flexibility index (Phi) is 4.25. The van der Waals surface area contributed by atoms with Gasteiger partial charge in [-0.15, -0.1) is 0 Å². The van der Waals surface area contributed by atoms with Crippen molar-refractivity contribution in [2.75, 3.05) is 6.61 Å². The number of aromatic nitrogens is 3. The molecule has 0 aliphatic carbocycles. The molecule has 0 unspecified atom stereocenters. The van der Waals surface area contributed by atoms with Gasteiger partial charge in [0.2, 0.25) is 0 Å². The maximum atomic E-state index is 12.6. The largest absolute Gasteiger partial charge is 0.462 e. The molecule has 0 saturated carbocycles. The number of hydrogen-bond donors (Lipinski definition) is 0. The SMILES string of the molecule is CCOC(=O)c1cnc2c3cc(Oc4ccccc4)ccc3ncn2c1=O. The summed E-state index contributed by atoms with van der Waals surface area (Å²) in [4.78, 5) is 33.1. The second-order valence-electron chi connectivity index (χ2n) is 5.73. The van der Waals surface area contributed by atoms with E-state index in [1.165, 1.54) is 16.9 Å². The summed E-state index contributed by atoms with van der Waals surface area (Å²) in [6.45, 7) is 1.85. The van der Waals surface area contributed by atoms with Gasteiger partial charge < -0.3 is 9.47 Å². The Morgan fingerprint density at radius 3 is 2.67 bits per heavy atom. The van der Waals surface area contributed by atoms with Gasteiger partial charge in [0.15, 0.2) is 0 Å². The fourth-order valence-corrected chi connectivity index (χ4v) is 2.74. The average molecular weight is 361 g/mol. The van der Waals surface area contributed by atoms with E-state index in [0.717, 1.165) is 0 Å². The zero-order valence-corrected chi connectivity index (χ0v) is 14.5. The minimum atomic E-state index is -0.703. The van der Waals surface area contributed by atoms with Gasteiger partial charge in [-0.1, -0.05) is 18.2 Å². The highest BCUT2D eigenvalue weighted by Gasteiger charge is 2.16. The average Bonchev–Trinajstić information content (AvgIpc) is 2.69. The normalized spacial score (nSPS) is 10.9. The monoisotopic (exact) mass is 361 g/mol. The maximum Gasteiger partial charge on any atom is 0.345 e. The first kappa shape index (κ1) is 16.7. The summed E-state index contributed by atoms with van der Waals surface area (Å²) in [5.41, 5.74) is 0.386. The van der Waals surface area contributed by atoms with Crippen molar-refractivity contribution in [2.24, 2.45) is 0 Å². The molecule has 0 bridgehead atoms. The highest BCUT2D eigenvalue weighted by Crippen LogP contribution is 2.26. The van der Waals surface area contributed by atoms with Gasteiger partial charge in [-0.2, -0.15) is 0 Å². The van der Waals surface area contributed by atoms with Crippen molar-refractivity contribution < 1.29 is 14.3 Å². The van der Waals surface area contributed by atoms with Crippen LogP contribution in [0.2, 0.25) is 0 Å². The van der Waals surface area contributed by atoms with Crippen LogP contribution in [-0.2, 0) is 4.74 Å². The van der Waals surface area contributed by atoms with Crippen LogP contribution in [0.4, 0.5) is 0 Å². The Hall–Kier alpha value is -3.74. The Morgan fingerprint density at radius 1 is 1.07 bits per heavy atom. The molecule has 0 N–H and O–H groups in total. The highest BCUT2D eigenvalue weighted by molar-refractivity contribution is 5.93. The van der Waals surface area contributed by atoms with E-state index in [1.54, 1.807) is 25.1 Å². The van der Waals surface area contributed by atoms with Crippen LogP contribution in [0.15, 0.2) is 65.8 Å². The summed E-state index contributed by atoms with van der Waals surface area (Å²) >= 11 is 0. The minimum Gasteiger partial charge on any atom is -0.462 e. The van der Waals surface area contributed by atoms with Crippen molar-refractivity contribution in [1.29, 1.82) is 0 Å². The molecule has 0 saturated heterocycles. The lowest BCUT2D eigenvalue weighted by Crippen LogP contribution is -2.24. The third-order valence-electron chi connectivity index (χ3n) is 3.99.